The van der Waals surface area contributed by atoms with Gasteiger partial charge in [0.05, 0.1) is 18.8 Å². The number of benzene rings is 1. The minimum absolute atomic E-state index is 0.285. The van der Waals surface area contributed by atoms with Crippen molar-refractivity contribution in [1.82, 2.24) is 10.2 Å². The van der Waals surface area contributed by atoms with Crippen molar-refractivity contribution < 1.29 is 19.1 Å². The van der Waals surface area contributed by atoms with Crippen molar-refractivity contribution in [3.05, 3.63) is 35.9 Å². The van der Waals surface area contributed by atoms with Gasteiger partial charge in [-0.1, -0.05) is 53.0 Å². The fourth-order valence-electron chi connectivity index (χ4n) is 1.90. The van der Waals surface area contributed by atoms with Crippen LogP contribution in [0.3, 0.4) is 0 Å². The van der Waals surface area contributed by atoms with E-state index in [0.29, 0.717) is 26.3 Å². The Kier molecular flexibility index (Phi) is 6.35. The number of halogens is 3. The van der Waals surface area contributed by atoms with E-state index in [9.17, 15) is 9.59 Å². The second kappa shape index (κ2) is 8.06. The van der Waals surface area contributed by atoms with Gasteiger partial charge in [-0.15, -0.1) is 0 Å². The third-order valence-electron chi connectivity index (χ3n) is 3.08. The molecule has 0 aromatic heterocycles. The SMILES string of the molecule is O=C(OC(NC(=O)N1CCOCC1)C(Cl)(Cl)Cl)c1ccccc1. The first-order valence-corrected chi connectivity index (χ1v) is 7.97. The number of amides is 2. The van der Waals surface area contributed by atoms with Gasteiger partial charge in [-0.3, -0.25) is 5.32 Å². The van der Waals surface area contributed by atoms with Crippen LogP contribution in [0.1, 0.15) is 10.4 Å². The molecule has 2 rings (SSSR count). The van der Waals surface area contributed by atoms with Crippen molar-refractivity contribution in [2.75, 3.05) is 26.3 Å². The number of carbonyl (C=O) groups is 2. The number of morpholine rings is 1. The summed E-state index contributed by atoms with van der Waals surface area (Å²) in [5.74, 6) is -0.704. The van der Waals surface area contributed by atoms with Crippen molar-refractivity contribution in [2.45, 2.75) is 10.0 Å². The van der Waals surface area contributed by atoms with E-state index in [1.807, 2.05) is 0 Å². The van der Waals surface area contributed by atoms with E-state index >= 15 is 0 Å². The molecule has 23 heavy (non-hydrogen) atoms. The molecular formula is C14H15Cl3N2O4. The average molecular weight is 382 g/mol. The summed E-state index contributed by atoms with van der Waals surface area (Å²) >= 11 is 17.4. The summed E-state index contributed by atoms with van der Waals surface area (Å²) in [5.41, 5.74) is 0.285. The van der Waals surface area contributed by atoms with E-state index in [2.05, 4.69) is 5.32 Å². The zero-order valence-corrected chi connectivity index (χ0v) is 14.3. The lowest BCUT2D eigenvalue weighted by Crippen LogP contribution is -2.54. The number of urea groups is 1. The molecule has 0 aliphatic carbocycles. The predicted molar refractivity (Wildman–Crippen MR) is 86.9 cm³/mol. The van der Waals surface area contributed by atoms with Gasteiger partial charge in [0.15, 0.2) is 0 Å². The molecule has 0 saturated carbocycles. The normalized spacial score (nSPS) is 16.6. The van der Waals surface area contributed by atoms with Crippen LogP contribution >= 0.6 is 34.8 Å². The third kappa shape index (κ3) is 5.42. The van der Waals surface area contributed by atoms with Gasteiger partial charge in [0.25, 0.3) is 0 Å². The molecule has 1 aliphatic heterocycles. The number of hydrogen-bond donors (Lipinski definition) is 1. The van der Waals surface area contributed by atoms with Gasteiger partial charge < -0.3 is 14.4 Å². The summed E-state index contributed by atoms with van der Waals surface area (Å²) in [6.45, 7) is 1.67. The van der Waals surface area contributed by atoms with E-state index in [1.54, 1.807) is 30.3 Å². The first-order chi connectivity index (χ1) is 10.9. The molecule has 1 atom stereocenters. The Morgan fingerprint density at radius 3 is 2.35 bits per heavy atom. The second-order valence-corrected chi connectivity index (χ2v) is 7.11. The lowest BCUT2D eigenvalue weighted by molar-refractivity contribution is 0.0196. The van der Waals surface area contributed by atoms with Gasteiger partial charge in [-0.2, -0.15) is 0 Å². The fraction of sp³-hybridized carbons (Fsp3) is 0.429. The summed E-state index contributed by atoms with van der Waals surface area (Å²) < 4.78 is 8.29. The van der Waals surface area contributed by atoms with Crippen molar-refractivity contribution in [3.63, 3.8) is 0 Å². The fourth-order valence-corrected chi connectivity index (χ4v) is 2.19. The molecular weight excluding hydrogens is 367 g/mol. The van der Waals surface area contributed by atoms with Crippen LogP contribution in [0, 0.1) is 0 Å². The minimum Gasteiger partial charge on any atom is -0.433 e. The molecule has 1 aliphatic rings. The maximum Gasteiger partial charge on any atom is 0.340 e. The quantitative estimate of drug-likeness (QED) is 0.496. The Morgan fingerprint density at radius 2 is 1.78 bits per heavy atom. The Bertz CT molecular complexity index is 545. The summed E-state index contributed by atoms with van der Waals surface area (Å²) in [5, 5.41) is 2.42. The Hall–Kier alpha value is -1.21. The lowest BCUT2D eigenvalue weighted by Gasteiger charge is -2.31. The highest BCUT2D eigenvalue weighted by atomic mass is 35.6. The molecule has 1 unspecified atom stereocenters. The molecule has 1 heterocycles. The van der Waals surface area contributed by atoms with E-state index in [-0.39, 0.29) is 5.56 Å². The molecule has 2 amide bonds. The van der Waals surface area contributed by atoms with Crippen LogP contribution in [0.2, 0.25) is 0 Å². The van der Waals surface area contributed by atoms with Crippen molar-refractivity contribution in [3.8, 4) is 0 Å². The summed E-state index contributed by atoms with van der Waals surface area (Å²) in [6, 6.07) is 7.72. The number of nitrogens with one attached hydrogen (secondary N) is 1. The molecule has 1 N–H and O–H groups in total. The van der Waals surface area contributed by atoms with Gasteiger partial charge in [-0.05, 0) is 12.1 Å². The van der Waals surface area contributed by atoms with Crippen LogP contribution < -0.4 is 5.32 Å². The number of ether oxygens (including phenoxy) is 2. The minimum atomic E-state index is -2.01. The second-order valence-electron chi connectivity index (χ2n) is 4.74. The van der Waals surface area contributed by atoms with Gasteiger partial charge in [-0.25, -0.2) is 9.59 Å². The summed E-state index contributed by atoms with van der Waals surface area (Å²) in [4.78, 5) is 25.7. The van der Waals surface area contributed by atoms with E-state index in [4.69, 9.17) is 44.3 Å². The average Bonchev–Trinajstić information content (AvgIpc) is 2.54. The molecule has 126 valence electrons. The molecule has 9 heteroatoms. The maximum atomic E-state index is 12.2. The van der Waals surface area contributed by atoms with Gasteiger partial charge in [0.2, 0.25) is 10.0 Å². The molecule has 1 aromatic carbocycles. The molecule has 6 nitrogen and oxygen atoms in total. The number of alkyl halides is 3. The molecule has 1 saturated heterocycles. The van der Waals surface area contributed by atoms with Crippen LogP contribution in [-0.4, -0.2) is 53.2 Å². The maximum absolute atomic E-state index is 12.2. The van der Waals surface area contributed by atoms with Crippen LogP contribution in [0.5, 0.6) is 0 Å². The lowest BCUT2D eigenvalue weighted by atomic mass is 10.2. The largest absolute Gasteiger partial charge is 0.433 e. The van der Waals surface area contributed by atoms with Gasteiger partial charge >= 0.3 is 12.0 Å². The first-order valence-electron chi connectivity index (χ1n) is 6.84. The van der Waals surface area contributed by atoms with Crippen LogP contribution in [0.15, 0.2) is 30.3 Å². The standard InChI is InChI=1S/C14H15Cl3N2O4/c15-14(16,17)12(18-13(21)19-6-8-22-9-7-19)23-11(20)10-4-2-1-3-5-10/h1-5,12H,6-9H2,(H,18,21). The van der Waals surface area contributed by atoms with Gasteiger partial charge in [0, 0.05) is 13.1 Å². The Morgan fingerprint density at radius 1 is 1.17 bits per heavy atom. The van der Waals surface area contributed by atoms with E-state index < -0.39 is 22.0 Å². The predicted octanol–water partition coefficient (Wildman–Crippen LogP) is 2.58. The van der Waals surface area contributed by atoms with Crippen molar-refractivity contribution >= 4 is 46.8 Å². The van der Waals surface area contributed by atoms with Crippen LogP contribution in [0.4, 0.5) is 4.79 Å². The number of hydrogen-bond acceptors (Lipinski definition) is 4. The Labute approximate surface area is 148 Å². The highest BCUT2D eigenvalue weighted by Crippen LogP contribution is 2.31. The van der Waals surface area contributed by atoms with Gasteiger partial charge in [0.1, 0.15) is 0 Å². The highest BCUT2D eigenvalue weighted by molar-refractivity contribution is 6.68. The molecule has 1 aromatic rings. The van der Waals surface area contributed by atoms with Crippen molar-refractivity contribution in [2.24, 2.45) is 0 Å². The zero-order valence-electron chi connectivity index (χ0n) is 12.0. The molecule has 0 radical (unpaired) electrons. The van der Waals surface area contributed by atoms with Crippen LogP contribution in [-0.2, 0) is 9.47 Å². The molecule has 1 fully saturated rings. The number of esters is 1. The number of rotatable bonds is 3. The topological polar surface area (TPSA) is 67.9 Å². The zero-order chi connectivity index (χ0) is 16.9. The first kappa shape index (κ1) is 18.1. The monoisotopic (exact) mass is 380 g/mol. The summed E-state index contributed by atoms with van der Waals surface area (Å²) in [6.07, 6.45) is -1.42. The van der Waals surface area contributed by atoms with Crippen LogP contribution in [0.25, 0.3) is 0 Å². The molecule has 0 spiro atoms. The van der Waals surface area contributed by atoms with Crippen molar-refractivity contribution in [1.29, 1.82) is 0 Å². The smallest absolute Gasteiger partial charge is 0.340 e. The number of carbonyl (C=O) groups excluding carboxylic acids is 2. The third-order valence-corrected chi connectivity index (χ3v) is 3.68. The summed E-state index contributed by atoms with van der Waals surface area (Å²) in [7, 11) is 0. The number of nitrogens with zero attached hydrogens (tertiary/aromatic N) is 1. The molecule has 0 bridgehead atoms. The highest BCUT2D eigenvalue weighted by Gasteiger charge is 2.38. The van der Waals surface area contributed by atoms with E-state index in [0.717, 1.165) is 0 Å². The Balaban J connectivity index is 2.02. The van der Waals surface area contributed by atoms with E-state index in [1.165, 1.54) is 4.90 Å².